The lowest BCUT2D eigenvalue weighted by Gasteiger charge is -2.06. The fourth-order valence-corrected chi connectivity index (χ4v) is 1.20. The quantitative estimate of drug-likeness (QED) is 0.570. The Morgan fingerprint density at radius 2 is 1.44 bits per heavy atom. The lowest BCUT2D eigenvalue weighted by atomic mass is 10.1. The first-order chi connectivity index (χ1) is 8.54. The summed E-state index contributed by atoms with van der Waals surface area (Å²) in [6.45, 7) is 0. The Morgan fingerprint density at radius 1 is 0.889 bits per heavy atom. The SMILES string of the molecule is COC(=O)c1ccc(C(=O)OC)c(C(=O)OC)n1. The Kier molecular flexibility index (Phi) is 4.36. The second kappa shape index (κ2) is 5.76. The molecule has 0 aliphatic rings. The Hall–Kier alpha value is -2.44. The van der Waals surface area contributed by atoms with Gasteiger partial charge in [0.1, 0.15) is 5.69 Å². The van der Waals surface area contributed by atoms with E-state index in [1.165, 1.54) is 19.2 Å². The molecule has 0 spiro atoms. The van der Waals surface area contributed by atoms with Crippen LogP contribution in [0.5, 0.6) is 0 Å². The molecular formula is C11H11NO6. The van der Waals surface area contributed by atoms with Crippen molar-refractivity contribution >= 4 is 17.9 Å². The van der Waals surface area contributed by atoms with Gasteiger partial charge in [-0.2, -0.15) is 0 Å². The van der Waals surface area contributed by atoms with Crippen molar-refractivity contribution in [3.63, 3.8) is 0 Å². The van der Waals surface area contributed by atoms with Gasteiger partial charge < -0.3 is 14.2 Å². The second-order valence-corrected chi connectivity index (χ2v) is 3.07. The number of hydrogen-bond donors (Lipinski definition) is 0. The predicted molar refractivity (Wildman–Crippen MR) is 58.3 cm³/mol. The summed E-state index contributed by atoms with van der Waals surface area (Å²) < 4.78 is 13.4. The molecule has 0 saturated carbocycles. The summed E-state index contributed by atoms with van der Waals surface area (Å²) in [6.07, 6.45) is 0. The van der Waals surface area contributed by atoms with E-state index in [1.54, 1.807) is 0 Å². The highest BCUT2D eigenvalue weighted by molar-refractivity contribution is 6.02. The summed E-state index contributed by atoms with van der Waals surface area (Å²) >= 11 is 0. The van der Waals surface area contributed by atoms with Gasteiger partial charge in [0.2, 0.25) is 0 Å². The molecule has 0 atom stereocenters. The van der Waals surface area contributed by atoms with Gasteiger partial charge in [0.05, 0.1) is 26.9 Å². The second-order valence-electron chi connectivity index (χ2n) is 3.07. The molecule has 0 radical (unpaired) electrons. The first-order valence-electron chi connectivity index (χ1n) is 4.81. The van der Waals surface area contributed by atoms with Crippen LogP contribution in [0.2, 0.25) is 0 Å². The maximum absolute atomic E-state index is 11.5. The van der Waals surface area contributed by atoms with E-state index < -0.39 is 17.9 Å². The van der Waals surface area contributed by atoms with Gasteiger partial charge in [-0.3, -0.25) is 0 Å². The molecule has 0 bridgehead atoms. The fourth-order valence-electron chi connectivity index (χ4n) is 1.20. The highest BCUT2D eigenvalue weighted by Crippen LogP contribution is 2.11. The third kappa shape index (κ3) is 2.62. The Bertz CT molecular complexity index is 496. The highest BCUT2D eigenvalue weighted by Gasteiger charge is 2.22. The van der Waals surface area contributed by atoms with Crippen molar-refractivity contribution < 1.29 is 28.6 Å². The smallest absolute Gasteiger partial charge is 0.357 e. The number of hydrogen-bond acceptors (Lipinski definition) is 7. The van der Waals surface area contributed by atoms with Crippen LogP contribution < -0.4 is 0 Å². The van der Waals surface area contributed by atoms with E-state index >= 15 is 0 Å². The van der Waals surface area contributed by atoms with Crippen molar-refractivity contribution in [3.05, 3.63) is 29.1 Å². The van der Waals surface area contributed by atoms with Crippen molar-refractivity contribution in [2.45, 2.75) is 0 Å². The first-order valence-corrected chi connectivity index (χ1v) is 4.81. The Balaban J connectivity index is 3.33. The van der Waals surface area contributed by atoms with E-state index in [0.29, 0.717) is 0 Å². The minimum atomic E-state index is -0.846. The van der Waals surface area contributed by atoms with E-state index in [2.05, 4.69) is 19.2 Å². The molecule has 0 aromatic carbocycles. The largest absolute Gasteiger partial charge is 0.465 e. The van der Waals surface area contributed by atoms with E-state index in [9.17, 15) is 14.4 Å². The molecule has 0 N–H and O–H groups in total. The van der Waals surface area contributed by atoms with Crippen LogP contribution >= 0.6 is 0 Å². The molecule has 1 aromatic heterocycles. The van der Waals surface area contributed by atoms with E-state index in [1.807, 2.05) is 0 Å². The molecule has 7 heteroatoms. The summed E-state index contributed by atoms with van der Waals surface area (Å²) in [5.74, 6) is -2.32. The topological polar surface area (TPSA) is 91.8 Å². The molecule has 0 amide bonds. The van der Waals surface area contributed by atoms with Crippen LogP contribution in [0.3, 0.4) is 0 Å². The zero-order chi connectivity index (χ0) is 13.7. The maximum Gasteiger partial charge on any atom is 0.357 e. The number of carbonyl (C=O) groups excluding carboxylic acids is 3. The van der Waals surface area contributed by atoms with Gasteiger partial charge in [-0.15, -0.1) is 0 Å². The number of ether oxygens (including phenoxy) is 3. The number of esters is 3. The zero-order valence-corrected chi connectivity index (χ0v) is 10.1. The lowest BCUT2D eigenvalue weighted by molar-refractivity contribution is 0.0544. The lowest BCUT2D eigenvalue weighted by Crippen LogP contribution is -2.17. The number of nitrogens with zero attached hydrogens (tertiary/aromatic N) is 1. The number of rotatable bonds is 3. The van der Waals surface area contributed by atoms with Crippen molar-refractivity contribution in [3.8, 4) is 0 Å². The van der Waals surface area contributed by atoms with Crippen molar-refractivity contribution in [1.29, 1.82) is 0 Å². The third-order valence-electron chi connectivity index (χ3n) is 2.07. The average Bonchev–Trinajstić information content (AvgIpc) is 2.43. The first kappa shape index (κ1) is 13.6. The molecule has 1 rings (SSSR count). The van der Waals surface area contributed by atoms with Gasteiger partial charge in [-0.1, -0.05) is 0 Å². The van der Waals surface area contributed by atoms with Crippen molar-refractivity contribution in [1.82, 2.24) is 4.98 Å². The summed E-state index contributed by atoms with van der Waals surface area (Å²) in [4.78, 5) is 37.9. The van der Waals surface area contributed by atoms with E-state index in [0.717, 1.165) is 14.2 Å². The summed E-state index contributed by atoms with van der Waals surface area (Å²) in [5, 5.41) is 0. The average molecular weight is 253 g/mol. The molecule has 0 aliphatic heterocycles. The number of carbonyl (C=O) groups is 3. The van der Waals surface area contributed by atoms with E-state index in [-0.39, 0.29) is 17.0 Å². The van der Waals surface area contributed by atoms with Gasteiger partial charge in [0.15, 0.2) is 5.69 Å². The molecule has 1 aromatic rings. The molecule has 18 heavy (non-hydrogen) atoms. The molecule has 0 unspecified atom stereocenters. The number of aromatic nitrogens is 1. The molecule has 0 aliphatic carbocycles. The van der Waals surface area contributed by atoms with Gasteiger partial charge in [0, 0.05) is 0 Å². The van der Waals surface area contributed by atoms with Crippen molar-refractivity contribution in [2.75, 3.05) is 21.3 Å². The predicted octanol–water partition coefficient (Wildman–Crippen LogP) is 0.441. The van der Waals surface area contributed by atoms with Crippen LogP contribution in [0.1, 0.15) is 31.3 Å². The number of methoxy groups -OCH3 is 3. The standard InChI is InChI=1S/C11H11NO6/c1-16-9(13)6-4-5-7(10(14)17-2)12-8(6)11(15)18-3/h4-5H,1-3H3. The fraction of sp³-hybridized carbons (Fsp3) is 0.273. The monoisotopic (exact) mass is 253 g/mol. The van der Waals surface area contributed by atoms with Crippen LogP contribution in [0.25, 0.3) is 0 Å². The van der Waals surface area contributed by atoms with Crippen LogP contribution in [0, 0.1) is 0 Å². The zero-order valence-electron chi connectivity index (χ0n) is 10.1. The summed E-state index contributed by atoms with van der Waals surface area (Å²) in [5.41, 5.74) is -0.491. The van der Waals surface area contributed by atoms with Gasteiger partial charge >= 0.3 is 17.9 Å². The Morgan fingerprint density at radius 3 is 1.94 bits per heavy atom. The van der Waals surface area contributed by atoms with Gasteiger partial charge in [-0.25, -0.2) is 19.4 Å². The van der Waals surface area contributed by atoms with Crippen molar-refractivity contribution in [2.24, 2.45) is 0 Å². The highest BCUT2D eigenvalue weighted by atomic mass is 16.5. The van der Waals surface area contributed by atoms with Crippen LogP contribution in [0.15, 0.2) is 12.1 Å². The minimum absolute atomic E-state index is 0.0861. The molecule has 1 heterocycles. The van der Waals surface area contributed by atoms with Gasteiger partial charge in [-0.05, 0) is 12.1 Å². The third-order valence-corrected chi connectivity index (χ3v) is 2.07. The van der Waals surface area contributed by atoms with E-state index in [4.69, 9.17) is 0 Å². The molecule has 0 fully saturated rings. The molecular weight excluding hydrogens is 242 g/mol. The molecule has 0 saturated heterocycles. The minimum Gasteiger partial charge on any atom is -0.465 e. The van der Waals surface area contributed by atoms with Gasteiger partial charge in [0.25, 0.3) is 0 Å². The molecule has 7 nitrogen and oxygen atoms in total. The van der Waals surface area contributed by atoms with Crippen LogP contribution in [0.4, 0.5) is 0 Å². The summed E-state index contributed by atoms with van der Waals surface area (Å²) in [7, 11) is 3.48. The van der Waals surface area contributed by atoms with Crippen LogP contribution in [-0.4, -0.2) is 44.2 Å². The van der Waals surface area contributed by atoms with Crippen LogP contribution in [-0.2, 0) is 14.2 Å². The number of pyridine rings is 1. The summed E-state index contributed by atoms with van der Waals surface area (Å²) in [6, 6.07) is 2.50. The maximum atomic E-state index is 11.5. The molecule has 96 valence electrons. The Labute approximate surface area is 103 Å². The normalized spacial score (nSPS) is 9.50.